The van der Waals surface area contributed by atoms with Crippen molar-refractivity contribution in [2.75, 3.05) is 0 Å². The quantitative estimate of drug-likeness (QED) is 0.572. The lowest BCUT2D eigenvalue weighted by atomic mass is 10.4. The highest BCUT2D eigenvalue weighted by Gasteiger charge is 2.23. The van der Waals surface area contributed by atoms with Crippen LogP contribution < -0.4 is 0 Å². The van der Waals surface area contributed by atoms with Gasteiger partial charge in [-0.1, -0.05) is 32.2 Å². The van der Waals surface area contributed by atoms with Crippen LogP contribution in [0.5, 0.6) is 0 Å². The second kappa shape index (κ2) is 3.26. The molecule has 1 rings (SSSR count). The van der Waals surface area contributed by atoms with Gasteiger partial charge >= 0.3 is 0 Å². The molecule has 0 bridgehead atoms. The van der Waals surface area contributed by atoms with E-state index in [1.165, 1.54) is 6.04 Å². The highest BCUT2D eigenvalue weighted by atomic mass is 28.3. The van der Waals surface area contributed by atoms with E-state index >= 15 is 0 Å². The molecule has 1 aliphatic rings. The first-order chi connectivity index (χ1) is 5.17. The summed E-state index contributed by atoms with van der Waals surface area (Å²) in [6, 6.07) is 1.31. The van der Waals surface area contributed by atoms with Crippen LogP contribution in [0.25, 0.3) is 0 Å². The van der Waals surface area contributed by atoms with Gasteiger partial charge in [0.25, 0.3) is 0 Å². The first kappa shape index (κ1) is 8.59. The normalized spacial score (nSPS) is 17.5. The Morgan fingerprint density at radius 2 is 1.82 bits per heavy atom. The maximum Gasteiger partial charge on any atom is 0.154 e. The third-order valence-electron chi connectivity index (χ3n) is 2.37. The Hall–Kier alpha value is -0.503. The zero-order valence-corrected chi connectivity index (χ0v) is 8.67. The van der Waals surface area contributed by atoms with E-state index in [-0.39, 0.29) is 0 Å². The van der Waals surface area contributed by atoms with Gasteiger partial charge in [0, 0.05) is 0 Å². The van der Waals surface area contributed by atoms with E-state index in [1.807, 2.05) is 0 Å². The molecule has 0 fully saturated rings. The number of allylic oxidation sites excluding steroid dienone is 2. The Bertz CT molecular complexity index is 170. The van der Waals surface area contributed by atoms with Gasteiger partial charge in [-0.2, -0.15) is 0 Å². The summed E-state index contributed by atoms with van der Waals surface area (Å²) in [7, 11) is -1.12. The van der Waals surface area contributed by atoms with Gasteiger partial charge in [0.1, 0.15) is 0 Å². The molecule has 11 heavy (non-hydrogen) atoms. The van der Waals surface area contributed by atoms with E-state index in [0.717, 1.165) is 6.42 Å². The fraction of sp³-hybridized carbons (Fsp3) is 0.556. The van der Waals surface area contributed by atoms with Gasteiger partial charge in [-0.05, 0) is 24.9 Å². The average molecular weight is 167 g/mol. The largest absolute Gasteiger partial charge is 0.381 e. The molecule has 0 saturated carbocycles. The fourth-order valence-electron chi connectivity index (χ4n) is 1.06. The molecular formula is C9H17NSi. The molecule has 0 amide bonds. The summed E-state index contributed by atoms with van der Waals surface area (Å²) in [4.78, 5) is 0. The number of hydrogen-bond acceptors (Lipinski definition) is 1. The van der Waals surface area contributed by atoms with E-state index in [2.05, 4.69) is 49.1 Å². The Morgan fingerprint density at radius 3 is 2.27 bits per heavy atom. The summed E-state index contributed by atoms with van der Waals surface area (Å²) >= 11 is 0. The molecule has 1 nitrogen and oxygen atoms in total. The van der Waals surface area contributed by atoms with Gasteiger partial charge in [0.2, 0.25) is 0 Å². The SMILES string of the molecule is CC[Si](C)(C)N1C=CCC=C1. The molecule has 0 aromatic heterocycles. The molecular weight excluding hydrogens is 150 g/mol. The van der Waals surface area contributed by atoms with Crippen LogP contribution >= 0.6 is 0 Å². The summed E-state index contributed by atoms with van der Waals surface area (Å²) in [6.45, 7) is 7.07. The molecule has 0 spiro atoms. The minimum absolute atomic E-state index is 1.10. The molecule has 1 aliphatic heterocycles. The van der Waals surface area contributed by atoms with Gasteiger partial charge in [-0.3, -0.25) is 0 Å². The van der Waals surface area contributed by atoms with E-state index in [4.69, 9.17) is 0 Å². The molecule has 2 heteroatoms. The van der Waals surface area contributed by atoms with Gasteiger partial charge in [0.05, 0.1) is 0 Å². The molecule has 0 unspecified atom stereocenters. The Labute approximate surface area is 70.5 Å². The highest BCUT2D eigenvalue weighted by Crippen LogP contribution is 2.18. The highest BCUT2D eigenvalue weighted by molar-refractivity contribution is 6.75. The van der Waals surface area contributed by atoms with Crippen LogP contribution in [0.1, 0.15) is 13.3 Å². The summed E-state index contributed by atoms with van der Waals surface area (Å²) in [5, 5.41) is 0. The van der Waals surface area contributed by atoms with Crippen LogP contribution in [-0.2, 0) is 0 Å². The maximum absolute atomic E-state index is 2.41. The van der Waals surface area contributed by atoms with Crippen LogP contribution in [0.3, 0.4) is 0 Å². The third kappa shape index (κ3) is 1.96. The first-order valence-electron chi connectivity index (χ1n) is 4.28. The minimum atomic E-state index is -1.12. The second-order valence-corrected chi connectivity index (χ2v) is 8.43. The monoisotopic (exact) mass is 167 g/mol. The number of hydrogen-bond donors (Lipinski definition) is 0. The van der Waals surface area contributed by atoms with Crippen molar-refractivity contribution in [1.82, 2.24) is 4.57 Å². The van der Waals surface area contributed by atoms with E-state index in [0.29, 0.717) is 0 Å². The lowest BCUT2D eigenvalue weighted by Crippen LogP contribution is -2.41. The van der Waals surface area contributed by atoms with Gasteiger partial charge in [-0.15, -0.1) is 0 Å². The van der Waals surface area contributed by atoms with Crippen molar-refractivity contribution in [3.63, 3.8) is 0 Å². The molecule has 0 atom stereocenters. The van der Waals surface area contributed by atoms with E-state index in [1.54, 1.807) is 0 Å². The van der Waals surface area contributed by atoms with Crippen molar-refractivity contribution >= 4 is 8.24 Å². The van der Waals surface area contributed by atoms with Crippen LogP contribution in [0.4, 0.5) is 0 Å². The van der Waals surface area contributed by atoms with Crippen molar-refractivity contribution in [2.45, 2.75) is 32.5 Å². The van der Waals surface area contributed by atoms with Crippen molar-refractivity contribution in [3.8, 4) is 0 Å². The van der Waals surface area contributed by atoms with Gasteiger partial charge in [0.15, 0.2) is 8.24 Å². The van der Waals surface area contributed by atoms with Crippen LogP contribution in [0.15, 0.2) is 24.6 Å². The summed E-state index contributed by atoms with van der Waals surface area (Å²) in [5.74, 6) is 0. The Kier molecular flexibility index (Phi) is 2.55. The molecule has 1 heterocycles. The van der Waals surface area contributed by atoms with Gasteiger partial charge < -0.3 is 4.57 Å². The standard InChI is InChI=1S/C9H17NSi/c1-4-11(2,3)10-8-6-5-7-9-10/h6-9H,4-5H2,1-3H3. The van der Waals surface area contributed by atoms with E-state index in [9.17, 15) is 0 Å². The van der Waals surface area contributed by atoms with Crippen molar-refractivity contribution in [1.29, 1.82) is 0 Å². The Morgan fingerprint density at radius 1 is 1.27 bits per heavy atom. The molecule has 62 valence electrons. The van der Waals surface area contributed by atoms with Crippen molar-refractivity contribution in [3.05, 3.63) is 24.6 Å². The van der Waals surface area contributed by atoms with Crippen LogP contribution in [-0.4, -0.2) is 12.8 Å². The molecule has 0 saturated heterocycles. The fourth-order valence-corrected chi connectivity index (χ4v) is 2.45. The predicted octanol–water partition coefficient (Wildman–Crippen LogP) is 2.94. The first-order valence-corrected chi connectivity index (χ1v) is 7.44. The summed E-state index contributed by atoms with van der Waals surface area (Å²) in [5.41, 5.74) is 0. The lowest BCUT2D eigenvalue weighted by molar-refractivity contribution is 0.730. The smallest absolute Gasteiger partial charge is 0.154 e. The maximum atomic E-state index is 2.41. The van der Waals surface area contributed by atoms with Crippen molar-refractivity contribution in [2.24, 2.45) is 0 Å². The van der Waals surface area contributed by atoms with Gasteiger partial charge in [-0.25, -0.2) is 0 Å². The molecule has 0 N–H and O–H groups in total. The second-order valence-electron chi connectivity index (χ2n) is 3.58. The van der Waals surface area contributed by atoms with Crippen LogP contribution in [0, 0.1) is 0 Å². The van der Waals surface area contributed by atoms with Crippen LogP contribution in [0.2, 0.25) is 19.1 Å². The Balaban J connectivity index is 2.65. The lowest BCUT2D eigenvalue weighted by Gasteiger charge is -2.33. The summed E-state index contributed by atoms with van der Waals surface area (Å²) < 4.78 is 2.41. The number of nitrogens with zero attached hydrogens (tertiary/aromatic N) is 1. The molecule has 0 aromatic rings. The third-order valence-corrected chi connectivity index (χ3v) is 5.79. The zero-order chi connectivity index (χ0) is 8.32. The molecule has 0 aliphatic carbocycles. The van der Waals surface area contributed by atoms with Crippen molar-refractivity contribution < 1.29 is 0 Å². The number of rotatable bonds is 2. The average Bonchev–Trinajstić information content (AvgIpc) is 2.06. The van der Waals surface area contributed by atoms with E-state index < -0.39 is 8.24 Å². The predicted molar refractivity (Wildman–Crippen MR) is 52.7 cm³/mol. The molecule has 0 radical (unpaired) electrons. The topological polar surface area (TPSA) is 3.24 Å². The zero-order valence-electron chi connectivity index (χ0n) is 7.67. The summed E-state index contributed by atoms with van der Waals surface area (Å²) in [6.07, 6.45) is 10.0. The minimum Gasteiger partial charge on any atom is -0.381 e. The molecule has 0 aromatic carbocycles.